The second-order valence-corrected chi connectivity index (χ2v) is 10.4. The molecular weight excluding hydrogens is 526 g/mol. The number of aliphatic hydroxyl groups excluding tert-OH is 1. The fourth-order valence-corrected chi connectivity index (χ4v) is 5.23. The molecule has 2 heterocycles. The minimum Gasteiger partial charge on any atom is -0.393 e. The molecule has 0 saturated heterocycles. The van der Waals surface area contributed by atoms with E-state index in [1.165, 1.54) is 25.6 Å². The van der Waals surface area contributed by atoms with E-state index >= 15 is 4.39 Å². The van der Waals surface area contributed by atoms with Crippen molar-refractivity contribution < 1.29 is 22.3 Å². The van der Waals surface area contributed by atoms with Gasteiger partial charge in [0.15, 0.2) is 5.82 Å². The molecule has 194 valence electrons. The van der Waals surface area contributed by atoms with Crippen LogP contribution in [0.4, 0.5) is 26.2 Å². The molecule has 1 saturated carbocycles. The molecule has 4 N–H and O–H groups in total. The molecule has 0 spiro atoms. The Hall–Kier alpha value is -3.53. The molecule has 0 atom stereocenters. The molecule has 0 unspecified atom stereocenters. The topological polar surface area (TPSA) is 129 Å². The molecule has 1 aliphatic carbocycles. The van der Waals surface area contributed by atoms with Crippen LogP contribution in [-0.2, 0) is 10.0 Å². The van der Waals surface area contributed by atoms with Crippen LogP contribution in [0.15, 0.2) is 41.7 Å². The van der Waals surface area contributed by atoms with Gasteiger partial charge in [0.25, 0.3) is 10.0 Å². The van der Waals surface area contributed by atoms with Gasteiger partial charge in [-0.1, -0.05) is 23.4 Å². The number of hydrogen-bond acceptors (Lipinski definition) is 8. The number of nitrogens with one attached hydrogen (secondary N) is 3. The number of halogens is 3. The summed E-state index contributed by atoms with van der Waals surface area (Å²) in [5, 5.41) is 15.5. The fraction of sp³-hybridized carbons (Fsp3) is 0.292. The smallest absolute Gasteiger partial charge is 0.265 e. The maximum Gasteiger partial charge on any atom is 0.265 e. The van der Waals surface area contributed by atoms with Crippen LogP contribution in [0.1, 0.15) is 36.8 Å². The van der Waals surface area contributed by atoms with Gasteiger partial charge in [0.2, 0.25) is 5.95 Å². The van der Waals surface area contributed by atoms with Crippen molar-refractivity contribution >= 4 is 39.1 Å². The third-order valence-electron chi connectivity index (χ3n) is 5.69. The molecule has 37 heavy (non-hydrogen) atoms. The van der Waals surface area contributed by atoms with Crippen LogP contribution in [0.2, 0.25) is 5.02 Å². The second-order valence-electron chi connectivity index (χ2n) is 8.33. The molecule has 4 rings (SSSR count). The average Bonchev–Trinajstić information content (AvgIpc) is 2.88. The first-order valence-corrected chi connectivity index (χ1v) is 13.1. The summed E-state index contributed by atoms with van der Waals surface area (Å²) in [4.78, 5) is 12.0. The summed E-state index contributed by atoms with van der Waals surface area (Å²) in [6.07, 6.45) is 6.82. The number of nitrogens with zero attached hydrogens (tertiary/aromatic N) is 3. The lowest BCUT2D eigenvalue weighted by atomic mass is 9.93. The van der Waals surface area contributed by atoms with Crippen molar-refractivity contribution in [2.75, 3.05) is 22.4 Å². The SMILES string of the molecule is CNc1ncc(Cl)cc1S(=O)(=O)Nc1ccc(F)c(C#Cc2cnc(NC3CCC(O)CC3)nc2)c1F. The molecule has 1 aromatic carbocycles. The Morgan fingerprint density at radius 3 is 2.43 bits per heavy atom. The van der Waals surface area contributed by atoms with Crippen molar-refractivity contribution in [3.63, 3.8) is 0 Å². The lowest BCUT2D eigenvalue weighted by Crippen LogP contribution is -2.28. The van der Waals surface area contributed by atoms with Gasteiger partial charge in [-0.15, -0.1) is 0 Å². The Morgan fingerprint density at radius 1 is 1.05 bits per heavy atom. The van der Waals surface area contributed by atoms with Crippen LogP contribution >= 0.6 is 11.6 Å². The number of benzene rings is 1. The Kier molecular flexibility index (Phi) is 8.06. The minimum atomic E-state index is -4.33. The van der Waals surface area contributed by atoms with Crippen LogP contribution in [0, 0.1) is 23.5 Å². The van der Waals surface area contributed by atoms with Crippen molar-refractivity contribution in [3.8, 4) is 11.8 Å². The van der Waals surface area contributed by atoms with Crippen LogP contribution in [0.5, 0.6) is 0 Å². The number of aromatic nitrogens is 3. The summed E-state index contributed by atoms with van der Waals surface area (Å²) in [6, 6.07) is 3.17. The van der Waals surface area contributed by atoms with Crippen molar-refractivity contribution in [1.29, 1.82) is 0 Å². The molecule has 1 aliphatic rings. The van der Waals surface area contributed by atoms with Gasteiger partial charge in [-0.25, -0.2) is 32.2 Å². The zero-order valence-corrected chi connectivity index (χ0v) is 21.2. The predicted octanol–water partition coefficient (Wildman–Crippen LogP) is 3.76. The standard InChI is InChI=1S/C24H23ClF2N6O3S/c1-28-23-21(10-15(25)13-29-23)37(35,36)33-20-9-8-19(26)18(22(20)27)7-2-14-11-30-24(31-12-14)32-16-3-5-17(34)6-4-16/h8-13,16-17,33-34H,3-6H2,1H3,(H,28,29)(H,30,31,32). The summed E-state index contributed by atoms with van der Waals surface area (Å²) >= 11 is 5.88. The molecular formula is C24H23ClF2N6O3S. The number of anilines is 3. The highest BCUT2D eigenvalue weighted by atomic mass is 35.5. The lowest BCUT2D eigenvalue weighted by molar-refractivity contribution is 0.126. The van der Waals surface area contributed by atoms with E-state index in [0.29, 0.717) is 24.4 Å². The van der Waals surface area contributed by atoms with Gasteiger partial charge in [-0.2, -0.15) is 0 Å². The van der Waals surface area contributed by atoms with E-state index in [4.69, 9.17) is 11.6 Å². The Labute approximate surface area is 217 Å². The molecule has 0 amide bonds. The van der Waals surface area contributed by atoms with Crippen LogP contribution in [0.25, 0.3) is 0 Å². The molecule has 0 aliphatic heterocycles. The third-order valence-corrected chi connectivity index (χ3v) is 7.28. The van der Waals surface area contributed by atoms with E-state index in [1.807, 2.05) is 0 Å². The monoisotopic (exact) mass is 548 g/mol. The number of sulfonamides is 1. The summed E-state index contributed by atoms with van der Waals surface area (Å²) in [5.41, 5.74) is -0.819. The van der Waals surface area contributed by atoms with E-state index in [1.54, 1.807) is 0 Å². The van der Waals surface area contributed by atoms with Gasteiger partial charge in [0, 0.05) is 31.7 Å². The summed E-state index contributed by atoms with van der Waals surface area (Å²) in [7, 11) is -2.86. The zero-order chi connectivity index (χ0) is 26.6. The fourth-order valence-electron chi connectivity index (χ4n) is 3.76. The van der Waals surface area contributed by atoms with Crippen LogP contribution in [-0.4, -0.2) is 47.7 Å². The van der Waals surface area contributed by atoms with Crippen LogP contribution in [0.3, 0.4) is 0 Å². The molecule has 1 fully saturated rings. The zero-order valence-electron chi connectivity index (χ0n) is 19.6. The maximum atomic E-state index is 15.1. The number of hydrogen-bond donors (Lipinski definition) is 4. The first kappa shape index (κ1) is 26.5. The van der Waals surface area contributed by atoms with Crippen molar-refractivity contribution in [1.82, 2.24) is 15.0 Å². The van der Waals surface area contributed by atoms with Gasteiger partial charge < -0.3 is 15.7 Å². The van der Waals surface area contributed by atoms with Gasteiger partial charge >= 0.3 is 0 Å². The molecule has 9 nitrogen and oxygen atoms in total. The highest BCUT2D eigenvalue weighted by molar-refractivity contribution is 7.92. The summed E-state index contributed by atoms with van der Waals surface area (Å²) in [6.45, 7) is 0. The maximum absolute atomic E-state index is 15.1. The molecule has 0 bridgehead atoms. The van der Waals surface area contributed by atoms with E-state index in [0.717, 1.165) is 31.0 Å². The number of pyridine rings is 1. The Bertz CT molecular complexity index is 1450. The van der Waals surface area contributed by atoms with Gasteiger partial charge in [-0.05, 0) is 43.9 Å². The van der Waals surface area contributed by atoms with Crippen molar-refractivity contribution in [3.05, 3.63) is 64.6 Å². The van der Waals surface area contributed by atoms with Gasteiger partial charge in [0.1, 0.15) is 16.5 Å². The average molecular weight is 549 g/mol. The molecule has 13 heteroatoms. The quantitative estimate of drug-likeness (QED) is 0.343. The first-order chi connectivity index (χ1) is 17.7. The predicted molar refractivity (Wildman–Crippen MR) is 136 cm³/mol. The van der Waals surface area contributed by atoms with Gasteiger partial charge in [0.05, 0.1) is 27.9 Å². The highest BCUT2D eigenvalue weighted by Gasteiger charge is 2.23. The molecule has 3 aromatic rings. The summed E-state index contributed by atoms with van der Waals surface area (Å²) < 4.78 is 57.3. The van der Waals surface area contributed by atoms with E-state index in [-0.39, 0.29) is 27.9 Å². The largest absolute Gasteiger partial charge is 0.393 e. The number of rotatable bonds is 6. The number of aliphatic hydroxyl groups is 1. The van der Waals surface area contributed by atoms with E-state index < -0.39 is 32.9 Å². The Balaban J connectivity index is 1.53. The van der Waals surface area contributed by atoms with Crippen molar-refractivity contribution in [2.45, 2.75) is 42.7 Å². The highest BCUT2D eigenvalue weighted by Crippen LogP contribution is 2.27. The van der Waals surface area contributed by atoms with Gasteiger partial charge in [-0.3, -0.25) is 4.72 Å². The van der Waals surface area contributed by atoms with E-state index in [9.17, 15) is 17.9 Å². The van der Waals surface area contributed by atoms with Crippen molar-refractivity contribution in [2.24, 2.45) is 0 Å². The second kappa shape index (κ2) is 11.2. The first-order valence-electron chi connectivity index (χ1n) is 11.3. The minimum absolute atomic E-state index is 0.00144. The molecule has 0 radical (unpaired) electrons. The van der Waals surface area contributed by atoms with E-state index in [2.05, 4.69) is 42.1 Å². The summed E-state index contributed by atoms with van der Waals surface area (Å²) in [5.74, 6) is 3.22. The normalized spacial score (nSPS) is 17.4. The molecule has 2 aromatic heterocycles. The van der Waals surface area contributed by atoms with Crippen LogP contribution < -0.4 is 15.4 Å². The Morgan fingerprint density at radius 2 is 1.76 bits per heavy atom. The lowest BCUT2D eigenvalue weighted by Gasteiger charge is -2.25. The third kappa shape index (κ3) is 6.43.